The summed E-state index contributed by atoms with van der Waals surface area (Å²) in [6, 6.07) is 0.639. The molecule has 2 aromatic heterocycles. The van der Waals surface area contributed by atoms with Crippen LogP contribution in [0.1, 0.15) is 11.1 Å². The molecule has 0 spiro atoms. The molecule has 1 N–H and O–H groups in total. The first kappa shape index (κ1) is 17.7. The van der Waals surface area contributed by atoms with Crippen molar-refractivity contribution >= 4 is 23.6 Å². The molecule has 7 nitrogen and oxygen atoms in total. The molecule has 0 atom stereocenters. The third-order valence-electron chi connectivity index (χ3n) is 3.13. The summed E-state index contributed by atoms with van der Waals surface area (Å²) in [5.41, 5.74) is -2.97. The summed E-state index contributed by atoms with van der Waals surface area (Å²) in [4.78, 5) is 30.7. The van der Waals surface area contributed by atoms with Crippen molar-refractivity contribution in [3.05, 3.63) is 49.3 Å². The maximum absolute atomic E-state index is 12.5. The van der Waals surface area contributed by atoms with Crippen molar-refractivity contribution in [1.82, 2.24) is 14.1 Å². The lowest BCUT2D eigenvalue weighted by Crippen LogP contribution is -2.38. The van der Waals surface area contributed by atoms with E-state index in [0.29, 0.717) is 12.3 Å². The number of hydrogen-bond acceptors (Lipinski definition) is 5. The highest BCUT2D eigenvalue weighted by molar-refractivity contribution is 6.32. The van der Waals surface area contributed by atoms with E-state index in [1.165, 1.54) is 14.1 Å². The molecule has 2 aromatic rings. The number of rotatable bonds is 2. The summed E-state index contributed by atoms with van der Waals surface area (Å²) < 4.78 is 39.2. The Bertz CT molecular complexity index is 947. The van der Waals surface area contributed by atoms with Crippen molar-refractivity contribution in [2.75, 3.05) is 0 Å². The highest BCUT2D eigenvalue weighted by Gasteiger charge is 2.31. The molecule has 0 aliphatic carbocycles. The molecule has 24 heavy (non-hydrogen) atoms. The van der Waals surface area contributed by atoms with Crippen molar-refractivity contribution in [3.63, 3.8) is 0 Å². The van der Waals surface area contributed by atoms with Crippen LogP contribution >= 0.6 is 11.6 Å². The van der Waals surface area contributed by atoms with Gasteiger partial charge in [0.1, 0.15) is 5.56 Å². The highest BCUT2D eigenvalue weighted by atomic mass is 35.5. The van der Waals surface area contributed by atoms with E-state index >= 15 is 0 Å². The predicted molar refractivity (Wildman–Crippen MR) is 80.1 cm³/mol. The highest BCUT2D eigenvalue weighted by Crippen LogP contribution is 2.33. The summed E-state index contributed by atoms with van der Waals surface area (Å²) >= 11 is 5.69. The Labute approximate surface area is 137 Å². The van der Waals surface area contributed by atoms with E-state index in [1.807, 2.05) is 0 Å². The third-order valence-corrected chi connectivity index (χ3v) is 3.41. The van der Waals surface area contributed by atoms with Gasteiger partial charge in [-0.15, -0.1) is 0 Å². The van der Waals surface area contributed by atoms with Crippen molar-refractivity contribution < 1.29 is 18.3 Å². The SMILES string of the molecule is Cn1c(O)c(/C=N/c2ncc(C(F)(F)F)cc2Cl)c(=O)n(C)c1=O. The van der Waals surface area contributed by atoms with Crippen LogP contribution < -0.4 is 11.2 Å². The van der Waals surface area contributed by atoms with Gasteiger partial charge in [-0.25, -0.2) is 14.8 Å². The van der Waals surface area contributed by atoms with Gasteiger partial charge in [0, 0.05) is 26.5 Å². The number of pyridine rings is 1. The minimum absolute atomic E-state index is 0.278. The molecular formula is C13H10ClF3N4O3. The van der Waals surface area contributed by atoms with E-state index in [4.69, 9.17) is 11.6 Å². The Hall–Kier alpha value is -2.62. The topological polar surface area (TPSA) is 89.5 Å². The quantitative estimate of drug-likeness (QED) is 0.822. The van der Waals surface area contributed by atoms with Gasteiger partial charge in [-0.05, 0) is 6.07 Å². The number of nitrogens with zero attached hydrogens (tertiary/aromatic N) is 4. The van der Waals surface area contributed by atoms with Crippen LogP contribution in [0, 0.1) is 0 Å². The molecule has 0 fully saturated rings. The van der Waals surface area contributed by atoms with Gasteiger partial charge in [0.2, 0.25) is 5.88 Å². The van der Waals surface area contributed by atoms with Crippen LogP contribution in [0.5, 0.6) is 5.88 Å². The van der Waals surface area contributed by atoms with E-state index in [0.717, 1.165) is 15.3 Å². The lowest BCUT2D eigenvalue weighted by Gasteiger charge is -2.08. The van der Waals surface area contributed by atoms with Crippen LogP contribution in [0.3, 0.4) is 0 Å². The number of halogens is 4. The summed E-state index contributed by atoms with van der Waals surface area (Å²) in [6.07, 6.45) is -3.19. The zero-order valence-corrected chi connectivity index (χ0v) is 13.1. The molecule has 0 unspecified atom stereocenters. The number of aromatic hydroxyl groups is 1. The molecule has 0 aromatic carbocycles. The summed E-state index contributed by atoms with van der Waals surface area (Å²) in [7, 11) is 2.43. The van der Waals surface area contributed by atoms with Gasteiger partial charge < -0.3 is 5.11 Å². The molecule has 0 saturated heterocycles. The van der Waals surface area contributed by atoms with E-state index < -0.39 is 28.9 Å². The van der Waals surface area contributed by atoms with E-state index in [9.17, 15) is 27.9 Å². The molecule has 0 aliphatic rings. The Balaban J connectivity index is 2.50. The van der Waals surface area contributed by atoms with Crippen molar-refractivity contribution in [1.29, 1.82) is 0 Å². The average molecular weight is 363 g/mol. The standard InChI is InChI=1S/C13H10ClF3N4O3/c1-20-10(22)7(11(23)21(2)12(20)24)5-19-9-8(14)3-6(4-18-9)13(15,16)17/h3-5,22H,1-2H3/b19-5+. The fourth-order valence-electron chi connectivity index (χ4n) is 1.78. The Morgan fingerprint density at radius 2 is 1.92 bits per heavy atom. The van der Waals surface area contributed by atoms with Crippen molar-refractivity contribution in [2.24, 2.45) is 19.1 Å². The van der Waals surface area contributed by atoms with Gasteiger partial charge in [-0.2, -0.15) is 13.2 Å². The van der Waals surface area contributed by atoms with E-state index in [1.54, 1.807) is 0 Å². The van der Waals surface area contributed by atoms with Gasteiger partial charge >= 0.3 is 11.9 Å². The third kappa shape index (κ3) is 3.18. The number of aromatic nitrogens is 3. The average Bonchev–Trinajstić information content (AvgIpc) is 2.51. The normalized spacial score (nSPS) is 12.1. The van der Waals surface area contributed by atoms with Crippen LogP contribution in [-0.2, 0) is 20.3 Å². The molecule has 0 radical (unpaired) electrons. The number of alkyl halides is 3. The molecule has 0 amide bonds. The zero-order valence-electron chi connectivity index (χ0n) is 12.3. The van der Waals surface area contributed by atoms with Gasteiger partial charge in [-0.1, -0.05) is 11.6 Å². The molecule has 2 rings (SSSR count). The fraction of sp³-hybridized carbons (Fsp3) is 0.231. The Morgan fingerprint density at radius 3 is 2.46 bits per heavy atom. The van der Waals surface area contributed by atoms with Crippen LogP contribution in [0.2, 0.25) is 5.02 Å². The monoisotopic (exact) mass is 362 g/mol. The van der Waals surface area contributed by atoms with Gasteiger partial charge in [0.15, 0.2) is 5.82 Å². The Morgan fingerprint density at radius 1 is 1.29 bits per heavy atom. The Kier molecular flexibility index (Phi) is 4.52. The summed E-state index contributed by atoms with van der Waals surface area (Å²) in [5, 5.41) is 9.45. The van der Waals surface area contributed by atoms with Gasteiger partial charge in [0.25, 0.3) is 5.56 Å². The fourth-order valence-corrected chi connectivity index (χ4v) is 1.99. The summed E-state index contributed by atoms with van der Waals surface area (Å²) in [5.74, 6) is -0.921. The first-order chi connectivity index (χ1) is 11.0. The van der Waals surface area contributed by atoms with Gasteiger partial charge in [0.05, 0.1) is 10.6 Å². The number of aliphatic imine (C=N–C) groups is 1. The molecule has 2 heterocycles. The first-order valence-electron chi connectivity index (χ1n) is 6.29. The molecule has 0 saturated carbocycles. The zero-order chi connectivity index (χ0) is 18.2. The second-order valence-electron chi connectivity index (χ2n) is 4.73. The molecule has 128 valence electrons. The minimum Gasteiger partial charge on any atom is -0.494 e. The largest absolute Gasteiger partial charge is 0.494 e. The van der Waals surface area contributed by atoms with E-state index in [2.05, 4.69) is 9.98 Å². The maximum atomic E-state index is 12.5. The maximum Gasteiger partial charge on any atom is 0.417 e. The van der Waals surface area contributed by atoms with Crippen LogP contribution in [0.15, 0.2) is 26.8 Å². The van der Waals surface area contributed by atoms with Crippen LogP contribution in [0.4, 0.5) is 19.0 Å². The van der Waals surface area contributed by atoms with Crippen molar-refractivity contribution in [3.8, 4) is 5.88 Å². The smallest absolute Gasteiger partial charge is 0.417 e. The lowest BCUT2D eigenvalue weighted by atomic mass is 10.3. The van der Waals surface area contributed by atoms with Crippen LogP contribution in [-0.4, -0.2) is 25.4 Å². The molecule has 0 bridgehead atoms. The van der Waals surface area contributed by atoms with E-state index in [-0.39, 0.29) is 16.4 Å². The lowest BCUT2D eigenvalue weighted by molar-refractivity contribution is -0.137. The molecule has 0 aliphatic heterocycles. The predicted octanol–water partition coefficient (Wildman–Crippen LogP) is 1.61. The molecule has 11 heteroatoms. The van der Waals surface area contributed by atoms with Gasteiger partial charge in [-0.3, -0.25) is 13.9 Å². The first-order valence-corrected chi connectivity index (χ1v) is 6.67. The molecular weight excluding hydrogens is 353 g/mol. The minimum atomic E-state index is -4.61. The van der Waals surface area contributed by atoms with Crippen molar-refractivity contribution in [2.45, 2.75) is 6.18 Å². The summed E-state index contributed by atoms with van der Waals surface area (Å²) in [6.45, 7) is 0. The second-order valence-corrected chi connectivity index (χ2v) is 5.14. The number of hydrogen-bond donors (Lipinski definition) is 1. The second kappa shape index (κ2) is 6.11. The van der Waals surface area contributed by atoms with Crippen LogP contribution in [0.25, 0.3) is 0 Å².